The van der Waals surface area contributed by atoms with Crippen molar-refractivity contribution in [3.05, 3.63) is 88.0 Å². The van der Waals surface area contributed by atoms with E-state index in [2.05, 4.69) is 49.4 Å². The molecule has 0 bridgehead atoms. The standard InChI is InChI=1S/C38H48N6O6S/c1-39-33-6-3-2-5-32(33)35-7-4-18-43(35)30-24-38(25-30)16-19-42(20-17-38)29-10-8-28(9-11-29)37(45)41-51(48,49)31-12-13-34(36(23-31)44(46)47)40-26-27-14-21-50-22-15-27/h2-3,5-6,8-13,23,27,30,35,39-40H,4,7,14-22,24-26H2,1H3,(H,41,45)/t35-/m0/s1. The van der Waals surface area contributed by atoms with Crippen LogP contribution in [0, 0.1) is 21.4 Å². The summed E-state index contributed by atoms with van der Waals surface area (Å²) in [4.78, 5) is 29.0. The number of nitrogens with one attached hydrogen (secondary N) is 3. The molecule has 3 heterocycles. The predicted octanol–water partition coefficient (Wildman–Crippen LogP) is 6.18. The number of nitro groups is 1. The number of ether oxygens (including phenoxy) is 1. The van der Waals surface area contributed by atoms with Crippen LogP contribution in [0.4, 0.5) is 22.7 Å². The van der Waals surface area contributed by atoms with Crippen LogP contribution in [0.5, 0.6) is 0 Å². The lowest BCUT2D eigenvalue weighted by Crippen LogP contribution is -2.54. The Bertz CT molecular complexity index is 1830. The molecule has 1 amide bonds. The van der Waals surface area contributed by atoms with Gasteiger partial charge in [-0.1, -0.05) is 18.2 Å². The normalized spacial score (nSPS) is 21.3. The molecular formula is C38H48N6O6S. The molecule has 51 heavy (non-hydrogen) atoms. The molecule has 4 aliphatic rings. The average Bonchev–Trinajstić information content (AvgIpc) is 3.62. The van der Waals surface area contributed by atoms with Crippen LogP contribution < -0.4 is 20.3 Å². The first-order valence-electron chi connectivity index (χ1n) is 18.2. The van der Waals surface area contributed by atoms with Gasteiger partial charge < -0.3 is 20.3 Å². The number of nitro benzene ring substituents is 1. The van der Waals surface area contributed by atoms with E-state index >= 15 is 0 Å². The van der Waals surface area contributed by atoms with Crippen LogP contribution in [-0.4, -0.2) is 76.6 Å². The molecule has 0 aromatic heterocycles. The highest BCUT2D eigenvalue weighted by molar-refractivity contribution is 7.90. The molecule has 3 aromatic rings. The van der Waals surface area contributed by atoms with Gasteiger partial charge in [-0.15, -0.1) is 0 Å². The summed E-state index contributed by atoms with van der Waals surface area (Å²) >= 11 is 0. The second-order valence-corrected chi connectivity index (χ2v) is 16.3. The zero-order valence-corrected chi connectivity index (χ0v) is 30.0. The summed E-state index contributed by atoms with van der Waals surface area (Å²) in [6, 6.07) is 20.4. The molecule has 272 valence electrons. The smallest absolute Gasteiger partial charge is 0.293 e. The summed E-state index contributed by atoms with van der Waals surface area (Å²) in [5.41, 5.74) is 4.10. The second-order valence-electron chi connectivity index (χ2n) is 14.6. The van der Waals surface area contributed by atoms with Crippen LogP contribution in [0.25, 0.3) is 0 Å². The van der Waals surface area contributed by atoms with Gasteiger partial charge in [-0.05, 0) is 117 Å². The van der Waals surface area contributed by atoms with Gasteiger partial charge in [-0.25, -0.2) is 13.1 Å². The first-order valence-corrected chi connectivity index (χ1v) is 19.7. The molecule has 1 spiro atoms. The predicted molar refractivity (Wildman–Crippen MR) is 198 cm³/mol. The third-order valence-electron chi connectivity index (χ3n) is 11.6. The minimum atomic E-state index is -4.36. The Labute approximate surface area is 300 Å². The van der Waals surface area contributed by atoms with Gasteiger partial charge in [0, 0.05) is 75.0 Å². The van der Waals surface area contributed by atoms with Gasteiger partial charge in [0.1, 0.15) is 5.69 Å². The maximum Gasteiger partial charge on any atom is 0.293 e. The number of para-hydroxylation sites is 1. The Hall–Kier alpha value is -4.20. The summed E-state index contributed by atoms with van der Waals surface area (Å²) in [5, 5.41) is 18.3. The first-order chi connectivity index (χ1) is 24.6. The molecule has 7 rings (SSSR count). The highest BCUT2D eigenvalue weighted by Gasteiger charge is 2.50. The molecule has 0 radical (unpaired) electrons. The number of carbonyl (C=O) groups excluding carboxylic acids is 1. The van der Waals surface area contributed by atoms with Crippen molar-refractivity contribution in [1.82, 2.24) is 9.62 Å². The van der Waals surface area contributed by atoms with Gasteiger partial charge in [0.2, 0.25) is 0 Å². The average molecular weight is 717 g/mol. The fraction of sp³-hybridized carbons (Fsp3) is 0.500. The van der Waals surface area contributed by atoms with Crippen molar-refractivity contribution in [2.75, 3.05) is 62.0 Å². The zero-order chi connectivity index (χ0) is 35.6. The molecule has 3 saturated heterocycles. The molecule has 3 N–H and O–H groups in total. The summed E-state index contributed by atoms with van der Waals surface area (Å²) in [5.74, 6) is -0.475. The minimum Gasteiger partial charge on any atom is -0.388 e. The largest absolute Gasteiger partial charge is 0.388 e. The van der Waals surface area contributed by atoms with Gasteiger partial charge in [0.05, 0.1) is 9.82 Å². The molecule has 13 heteroatoms. The number of sulfonamides is 1. The number of hydrogen-bond acceptors (Lipinski definition) is 10. The fourth-order valence-electron chi connectivity index (χ4n) is 8.64. The van der Waals surface area contributed by atoms with E-state index in [0.29, 0.717) is 43.2 Å². The van der Waals surface area contributed by atoms with Gasteiger partial charge >= 0.3 is 0 Å². The molecule has 1 atom stereocenters. The van der Waals surface area contributed by atoms with Crippen LogP contribution >= 0.6 is 0 Å². The summed E-state index contributed by atoms with van der Waals surface area (Å²) in [6.45, 7) is 4.88. The molecule has 12 nitrogen and oxygen atoms in total. The Kier molecular flexibility index (Phi) is 10.2. The van der Waals surface area contributed by atoms with Crippen molar-refractivity contribution in [3.8, 4) is 0 Å². The molecule has 1 saturated carbocycles. The monoisotopic (exact) mass is 716 g/mol. The van der Waals surface area contributed by atoms with E-state index in [9.17, 15) is 23.3 Å². The zero-order valence-electron chi connectivity index (χ0n) is 29.2. The summed E-state index contributed by atoms with van der Waals surface area (Å²) in [6.07, 6.45) is 8.90. The maximum atomic E-state index is 13.1. The van der Waals surface area contributed by atoms with Crippen molar-refractivity contribution < 1.29 is 22.9 Å². The van der Waals surface area contributed by atoms with Crippen LogP contribution in [-0.2, 0) is 14.8 Å². The second kappa shape index (κ2) is 14.8. The number of nitrogens with zero attached hydrogens (tertiary/aromatic N) is 3. The van der Waals surface area contributed by atoms with Crippen molar-refractivity contribution in [2.24, 2.45) is 11.3 Å². The molecule has 4 fully saturated rings. The van der Waals surface area contributed by atoms with Crippen molar-refractivity contribution in [1.29, 1.82) is 0 Å². The van der Waals surface area contributed by atoms with E-state index in [1.54, 1.807) is 12.1 Å². The number of rotatable bonds is 11. The highest BCUT2D eigenvalue weighted by Crippen LogP contribution is 2.54. The topological polar surface area (TPSA) is 146 Å². The van der Waals surface area contributed by atoms with Gasteiger partial charge in [0.25, 0.3) is 21.6 Å². The lowest BCUT2D eigenvalue weighted by molar-refractivity contribution is -0.384. The van der Waals surface area contributed by atoms with E-state index in [4.69, 9.17) is 4.74 Å². The molecule has 1 aliphatic carbocycles. The third kappa shape index (κ3) is 7.56. The Morgan fingerprint density at radius 2 is 1.69 bits per heavy atom. The van der Waals surface area contributed by atoms with Crippen molar-refractivity contribution in [3.63, 3.8) is 0 Å². The van der Waals surface area contributed by atoms with Gasteiger partial charge in [0.15, 0.2) is 0 Å². The Morgan fingerprint density at radius 3 is 2.39 bits per heavy atom. The molecule has 3 aliphatic heterocycles. The van der Waals surface area contributed by atoms with E-state index < -0.39 is 20.9 Å². The first kappa shape index (κ1) is 35.2. The molecule has 0 unspecified atom stereocenters. The van der Waals surface area contributed by atoms with E-state index in [0.717, 1.165) is 57.1 Å². The third-order valence-corrected chi connectivity index (χ3v) is 13.0. The Morgan fingerprint density at radius 1 is 0.961 bits per heavy atom. The summed E-state index contributed by atoms with van der Waals surface area (Å²) < 4.78 is 33.7. The quantitative estimate of drug-likeness (QED) is 0.155. The maximum absolute atomic E-state index is 13.1. The highest BCUT2D eigenvalue weighted by atomic mass is 32.2. The lowest BCUT2D eigenvalue weighted by atomic mass is 9.60. The van der Waals surface area contributed by atoms with Crippen LogP contribution in [0.2, 0.25) is 0 Å². The number of carbonyl (C=O) groups is 1. The van der Waals surface area contributed by atoms with Gasteiger partial charge in [-0.3, -0.25) is 19.8 Å². The SMILES string of the molecule is CNc1ccccc1[C@@H]1CCCN1C1CC2(CCN(c3ccc(C(=O)NS(=O)(=O)c4ccc(NCC5CCOCC5)c([N+](=O)[O-])c4)cc3)CC2)C1. The van der Waals surface area contributed by atoms with Crippen molar-refractivity contribution in [2.45, 2.75) is 68.3 Å². The fourth-order valence-corrected chi connectivity index (χ4v) is 9.64. The molecular weight excluding hydrogens is 669 g/mol. The number of hydrogen-bond donors (Lipinski definition) is 3. The Balaban J connectivity index is 0.921. The van der Waals surface area contributed by atoms with Gasteiger partial charge in [-0.2, -0.15) is 0 Å². The number of amides is 1. The molecule has 3 aromatic carbocycles. The lowest BCUT2D eigenvalue weighted by Gasteiger charge is -2.56. The van der Waals surface area contributed by atoms with E-state index in [1.165, 1.54) is 49.1 Å². The number of likely N-dealkylation sites (tertiary alicyclic amines) is 1. The van der Waals surface area contributed by atoms with Crippen LogP contribution in [0.1, 0.15) is 73.3 Å². The summed E-state index contributed by atoms with van der Waals surface area (Å²) in [7, 11) is -2.35. The van der Waals surface area contributed by atoms with E-state index in [1.807, 2.05) is 19.2 Å². The van der Waals surface area contributed by atoms with Crippen LogP contribution in [0.3, 0.4) is 0 Å². The number of benzene rings is 3. The van der Waals surface area contributed by atoms with E-state index in [-0.39, 0.29) is 21.8 Å². The number of piperidine rings is 1. The van der Waals surface area contributed by atoms with Crippen molar-refractivity contribution >= 4 is 38.7 Å². The number of anilines is 3. The minimum absolute atomic E-state index is 0.196. The van der Waals surface area contributed by atoms with Crippen LogP contribution in [0.15, 0.2) is 71.6 Å².